The van der Waals surface area contributed by atoms with Gasteiger partial charge in [0, 0.05) is 16.7 Å². The largest absolute Gasteiger partial charge is 0.238 e. The van der Waals surface area contributed by atoms with Crippen molar-refractivity contribution in [1.82, 2.24) is 9.97 Å². The Hall–Kier alpha value is -6.37. The molecule has 0 atom stereocenters. The maximum atomic E-state index is 7.23. The number of hydrogen-bond acceptors (Lipinski definition) is 2. The molecule has 0 aliphatic rings. The van der Waals surface area contributed by atoms with Gasteiger partial charge < -0.3 is 0 Å². The number of rotatable bonds is 5. The lowest BCUT2D eigenvalue weighted by atomic mass is 9.93. The van der Waals surface area contributed by atoms with Gasteiger partial charge in [-0.15, -0.1) is 0 Å². The lowest BCUT2D eigenvalue weighted by Gasteiger charge is -2.14. The summed E-state index contributed by atoms with van der Waals surface area (Å²) in [5.41, 5.74) is 10.1. The van der Waals surface area contributed by atoms with Crippen molar-refractivity contribution >= 4 is 27.2 Å². The molecule has 0 saturated carbocycles. The zero-order valence-corrected chi connectivity index (χ0v) is 24.9. The van der Waals surface area contributed by atoms with Gasteiger partial charge in [-0.1, -0.05) is 146 Å². The highest BCUT2D eigenvalue weighted by Crippen LogP contribution is 2.37. The smallest absolute Gasteiger partial charge is 0.187 e. The number of aromatic nitrogens is 2. The highest BCUT2D eigenvalue weighted by atomic mass is 14.9. The molecule has 0 bridgehead atoms. The van der Waals surface area contributed by atoms with E-state index in [-0.39, 0.29) is 0 Å². The van der Waals surface area contributed by atoms with E-state index in [4.69, 9.17) is 16.5 Å². The van der Waals surface area contributed by atoms with E-state index in [1.807, 2.05) is 42.5 Å². The molecule has 0 N–H and O–H groups in total. The maximum absolute atomic E-state index is 7.23. The highest BCUT2D eigenvalue weighted by molar-refractivity contribution is 6.04. The molecule has 0 amide bonds. The Kier molecular flexibility index (Phi) is 6.87. The van der Waals surface area contributed by atoms with Crippen LogP contribution < -0.4 is 0 Å². The monoisotopic (exact) mass is 585 g/mol. The van der Waals surface area contributed by atoms with E-state index in [0.717, 1.165) is 55.4 Å². The summed E-state index contributed by atoms with van der Waals surface area (Å²) in [6, 6.07) is 56.6. The average Bonchev–Trinajstić information content (AvgIpc) is 3.14. The van der Waals surface area contributed by atoms with Crippen molar-refractivity contribution in [3.63, 3.8) is 0 Å². The predicted molar refractivity (Wildman–Crippen MR) is 190 cm³/mol. The van der Waals surface area contributed by atoms with Crippen LogP contribution in [0.2, 0.25) is 0 Å². The van der Waals surface area contributed by atoms with E-state index in [0.29, 0.717) is 11.5 Å². The summed E-state index contributed by atoms with van der Waals surface area (Å²) in [5, 5.41) is 4.60. The summed E-state index contributed by atoms with van der Waals surface area (Å²) < 4.78 is 0. The van der Waals surface area contributed by atoms with Crippen LogP contribution in [-0.4, -0.2) is 9.97 Å². The average molecular weight is 586 g/mol. The minimum absolute atomic E-state index is 0.645. The molecular formula is C43H27N3. The first kappa shape index (κ1) is 27.2. The Morgan fingerprint density at radius 3 is 1.63 bits per heavy atom. The van der Waals surface area contributed by atoms with Crippen molar-refractivity contribution in [3.05, 3.63) is 175 Å². The van der Waals surface area contributed by atoms with E-state index < -0.39 is 0 Å². The molecule has 0 fully saturated rings. The highest BCUT2D eigenvalue weighted by Gasteiger charge is 2.15. The van der Waals surface area contributed by atoms with Crippen molar-refractivity contribution in [3.8, 4) is 56.2 Å². The lowest BCUT2D eigenvalue weighted by molar-refractivity contribution is 1.19. The Balaban J connectivity index is 1.26. The molecule has 8 aromatic rings. The van der Waals surface area contributed by atoms with E-state index in [2.05, 4.69) is 126 Å². The van der Waals surface area contributed by atoms with Crippen LogP contribution in [0.5, 0.6) is 0 Å². The second-order valence-corrected chi connectivity index (χ2v) is 11.3. The molecule has 0 spiro atoms. The van der Waals surface area contributed by atoms with Crippen LogP contribution in [0.3, 0.4) is 0 Å². The van der Waals surface area contributed by atoms with Crippen molar-refractivity contribution < 1.29 is 0 Å². The second kappa shape index (κ2) is 11.6. The van der Waals surface area contributed by atoms with Gasteiger partial charge >= 0.3 is 0 Å². The summed E-state index contributed by atoms with van der Waals surface area (Å²) in [6.45, 7) is 7.23. The van der Waals surface area contributed by atoms with Gasteiger partial charge in [0.2, 0.25) is 0 Å². The molecule has 3 nitrogen and oxygen atoms in total. The number of hydrogen-bond donors (Lipinski definition) is 0. The molecule has 0 saturated heterocycles. The topological polar surface area (TPSA) is 30.1 Å². The normalized spacial score (nSPS) is 11.0. The van der Waals surface area contributed by atoms with Gasteiger partial charge in [0.25, 0.3) is 0 Å². The molecule has 3 heteroatoms. The molecule has 214 valence electrons. The second-order valence-electron chi connectivity index (χ2n) is 11.3. The van der Waals surface area contributed by atoms with Crippen molar-refractivity contribution in [1.29, 1.82) is 0 Å². The fourth-order valence-corrected chi connectivity index (χ4v) is 6.16. The number of nitrogens with zero attached hydrogens (tertiary/aromatic N) is 3. The van der Waals surface area contributed by atoms with Gasteiger partial charge in [-0.25, -0.2) is 14.8 Å². The van der Waals surface area contributed by atoms with Crippen LogP contribution in [-0.2, 0) is 0 Å². The summed E-state index contributed by atoms with van der Waals surface area (Å²) in [5.74, 6) is 0.688. The Labute approximate surface area is 267 Å². The first-order chi connectivity index (χ1) is 22.7. The van der Waals surface area contributed by atoms with Crippen LogP contribution in [0, 0.1) is 6.57 Å². The van der Waals surface area contributed by atoms with Gasteiger partial charge in [-0.05, 0) is 62.0 Å². The van der Waals surface area contributed by atoms with E-state index >= 15 is 0 Å². The zero-order chi connectivity index (χ0) is 30.9. The summed E-state index contributed by atoms with van der Waals surface area (Å²) in [6.07, 6.45) is 0. The van der Waals surface area contributed by atoms with Crippen LogP contribution in [0.15, 0.2) is 164 Å². The van der Waals surface area contributed by atoms with Gasteiger partial charge in [-0.3, -0.25) is 0 Å². The Morgan fingerprint density at radius 1 is 0.391 bits per heavy atom. The van der Waals surface area contributed by atoms with Crippen LogP contribution in [0.25, 0.3) is 82.5 Å². The van der Waals surface area contributed by atoms with Crippen LogP contribution in [0.4, 0.5) is 5.69 Å². The third-order valence-electron chi connectivity index (χ3n) is 8.51. The minimum Gasteiger partial charge on any atom is -0.238 e. The third-order valence-corrected chi connectivity index (χ3v) is 8.51. The first-order valence-electron chi connectivity index (χ1n) is 15.3. The van der Waals surface area contributed by atoms with Gasteiger partial charge in [0.15, 0.2) is 11.5 Å². The van der Waals surface area contributed by atoms with Gasteiger partial charge in [0.05, 0.1) is 18.0 Å². The van der Waals surface area contributed by atoms with Crippen LogP contribution >= 0.6 is 0 Å². The zero-order valence-electron chi connectivity index (χ0n) is 24.9. The van der Waals surface area contributed by atoms with Crippen LogP contribution in [0.1, 0.15) is 0 Å². The van der Waals surface area contributed by atoms with E-state index in [1.54, 1.807) is 0 Å². The van der Waals surface area contributed by atoms with E-state index in [9.17, 15) is 0 Å². The van der Waals surface area contributed by atoms with Crippen molar-refractivity contribution in [2.45, 2.75) is 0 Å². The number of fused-ring (bicyclic) bond motifs is 2. The van der Waals surface area contributed by atoms with E-state index in [1.165, 1.54) is 16.5 Å². The molecule has 0 unspecified atom stereocenters. The molecule has 46 heavy (non-hydrogen) atoms. The number of benzene rings is 7. The fraction of sp³-hybridized carbons (Fsp3) is 0. The first-order valence-corrected chi connectivity index (χ1v) is 15.3. The summed E-state index contributed by atoms with van der Waals surface area (Å²) in [4.78, 5) is 13.8. The van der Waals surface area contributed by atoms with Gasteiger partial charge in [-0.2, -0.15) is 0 Å². The molecular weight excluding hydrogens is 558 g/mol. The third kappa shape index (κ3) is 5.09. The minimum atomic E-state index is 0.645. The molecule has 8 rings (SSSR count). The van der Waals surface area contributed by atoms with Gasteiger partial charge in [0.1, 0.15) is 0 Å². The standard InChI is InChI=1S/C43H27N3/c1-44-36-22-20-29(21-23-36)32-16-17-34-27-35(19-18-33(34)26-32)43-45-41(31-12-6-3-7-13-31)28-42(46-43)40-25-24-37(30-10-4-2-5-11-30)38-14-8-9-15-39(38)40/h2-28H. The summed E-state index contributed by atoms with van der Waals surface area (Å²) >= 11 is 0. The van der Waals surface area contributed by atoms with Crippen molar-refractivity contribution in [2.24, 2.45) is 0 Å². The SMILES string of the molecule is [C-]#[N+]c1ccc(-c2ccc3cc(-c4nc(-c5ccccc5)cc(-c5ccc(-c6ccccc6)c6ccccc56)n4)ccc3c2)cc1. The molecule has 1 aromatic heterocycles. The predicted octanol–water partition coefficient (Wildman–Crippen LogP) is 11.7. The lowest BCUT2D eigenvalue weighted by Crippen LogP contribution is -1.97. The Morgan fingerprint density at radius 2 is 0.935 bits per heavy atom. The Bertz CT molecular complexity index is 2410. The van der Waals surface area contributed by atoms with Crippen molar-refractivity contribution in [2.75, 3.05) is 0 Å². The molecule has 0 radical (unpaired) electrons. The summed E-state index contributed by atoms with van der Waals surface area (Å²) in [7, 11) is 0. The maximum Gasteiger partial charge on any atom is 0.187 e. The quantitative estimate of drug-likeness (QED) is 0.188. The molecule has 1 heterocycles. The molecule has 0 aliphatic heterocycles. The molecule has 7 aromatic carbocycles. The molecule has 0 aliphatic carbocycles. The fourth-order valence-electron chi connectivity index (χ4n) is 6.16.